The molecule has 10 heteroatoms. The van der Waals surface area contributed by atoms with E-state index in [4.69, 9.17) is 8.92 Å². The molecule has 1 aliphatic heterocycles. The first kappa shape index (κ1) is 25.0. The number of nitrogens with one attached hydrogen (secondary N) is 1. The molecule has 0 aliphatic carbocycles. The van der Waals surface area contributed by atoms with Crippen molar-refractivity contribution >= 4 is 60.6 Å². The fourth-order valence-electron chi connectivity index (χ4n) is 3.13. The Hall–Kier alpha value is -3.08. The summed E-state index contributed by atoms with van der Waals surface area (Å²) in [6.07, 6.45) is 1.68. The topological polar surface area (TPSA) is 94.1 Å². The van der Waals surface area contributed by atoms with Gasteiger partial charge in [0.1, 0.15) is 4.90 Å². The zero-order valence-electron chi connectivity index (χ0n) is 18.8. The molecule has 4 rings (SSSR count). The summed E-state index contributed by atoms with van der Waals surface area (Å²) < 4.78 is 37.2. The van der Waals surface area contributed by atoms with E-state index in [0.717, 1.165) is 11.3 Å². The van der Waals surface area contributed by atoms with Crippen LogP contribution in [-0.4, -0.2) is 26.1 Å². The maximum Gasteiger partial charge on any atom is 0.339 e. The number of nitrogens with zero attached hydrogens (tertiary/aromatic N) is 1. The fraction of sp³-hybridized carbons (Fsp3) is 0.120. The summed E-state index contributed by atoms with van der Waals surface area (Å²) in [4.78, 5) is 17.4. The van der Waals surface area contributed by atoms with Gasteiger partial charge in [-0.25, -0.2) is 4.99 Å². The number of carbonyl (C=O) groups is 1. The van der Waals surface area contributed by atoms with Crippen molar-refractivity contribution in [1.29, 1.82) is 0 Å². The van der Waals surface area contributed by atoms with Crippen molar-refractivity contribution < 1.29 is 22.1 Å². The molecule has 0 radical (unpaired) electrons. The number of amides is 1. The van der Waals surface area contributed by atoms with E-state index in [9.17, 15) is 13.2 Å². The van der Waals surface area contributed by atoms with Gasteiger partial charge >= 0.3 is 10.1 Å². The number of hydrogen-bond acceptors (Lipinski definition) is 7. The molecule has 0 saturated carbocycles. The predicted molar refractivity (Wildman–Crippen MR) is 142 cm³/mol. The minimum absolute atomic E-state index is 0.0319. The molecule has 1 saturated heterocycles. The van der Waals surface area contributed by atoms with E-state index in [2.05, 4.69) is 26.2 Å². The monoisotopic (exact) mass is 572 g/mol. The van der Waals surface area contributed by atoms with Gasteiger partial charge in [-0.1, -0.05) is 35.9 Å². The summed E-state index contributed by atoms with van der Waals surface area (Å²) in [6, 6.07) is 19.0. The summed E-state index contributed by atoms with van der Waals surface area (Å²) in [5.41, 5.74) is 2.29. The van der Waals surface area contributed by atoms with Crippen LogP contribution < -0.4 is 14.2 Å². The van der Waals surface area contributed by atoms with Crippen molar-refractivity contribution in [2.45, 2.75) is 18.7 Å². The van der Waals surface area contributed by atoms with E-state index in [1.165, 1.54) is 23.9 Å². The second-order valence-electron chi connectivity index (χ2n) is 7.43. The lowest BCUT2D eigenvalue weighted by molar-refractivity contribution is -0.115. The number of thioether (sulfide) groups is 1. The lowest BCUT2D eigenvalue weighted by atomic mass is 10.2. The molecule has 0 aromatic heterocycles. The van der Waals surface area contributed by atoms with Crippen LogP contribution >= 0.6 is 27.7 Å². The minimum atomic E-state index is -4.08. The number of ether oxygens (including phenoxy) is 1. The maximum absolute atomic E-state index is 12.8. The highest BCUT2D eigenvalue weighted by Gasteiger charge is 2.25. The second-order valence-corrected chi connectivity index (χ2v) is 10.9. The van der Waals surface area contributed by atoms with Crippen molar-refractivity contribution in [2.24, 2.45) is 4.99 Å². The van der Waals surface area contributed by atoms with Crippen LogP contribution in [0.15, 0.2) is 86.0 Å². The third-order valence-electron chi connectivity index (χ3n) is 4.77. The van der Waals surface area contributed by atoms with E-state index in [1.54, 1.807) is 37.3 Å². The molecule has 1 N–H and O–H groups in total. The van der Waals surface area contributed by atoms with E-state index in [1.807, 2.05) is 37.3 Å². The molecule has 7 nitrogen and oxygen atoms in total. The second kappa shape index (κ2) is 10.7. The molecule has 35 heavy (non-hydrogen) atoms. The average Bonchev–Trinajstić information content (AvgIpc) is 3.15. The quantitative estimate of drug-likeness (QED) is 0.283. The van der Waals surface area contributed by atoms with E-state index in [0.29, 0.717) is 20.1 Å². The predicted octanol–water partition coefficient (Wildman–Crippen LogP) is 5.82. The van der Waals surface area contributed by atoms with Crippen molar-refractivity contribution in [3.05, 3.63) is 87.2 Å². The summed E-state index contributed by atoms with van der Waals surface area (Å²) >= 11 is 4.61. The Morgan fingerprint density at radius 1 is 1.09 bits per heavy atom. The molecule has 1 heterocycles. The van der Waals surface area contributed by atoms with Crippen LogP contribution in [0.1, 0.15) is 18.1 Å². The first-order valence-corrected chi connectivity index (χ1v) is 13.6. The van der Waals surface area contributed by atoms with Crippen LogP contribution in [0.2, 0.25) is 0 Å². The number of carbonyl (C=O) groups excluding carboxylic acids is 1. The van der Waals surface area contributed by atoms with Gasteiger partial charge in [-0.2, -0.15) is 8.42 Å². The fourth-order valence-corrected chi connectivity index (χ4v) is 5.58. The summed E-state index contributed by atoms with van der Waals surface area (Å²) in [7, 11) is -4.08. The Morgan fingerprint density at radius 3 is 2.49 bits per heavy atom. The molecule has 1 amide bonds. The lowest BCUT2D eigenvalue weighted by Crippen LogP contribution is -2.19. The SMILES string of the molecule is CCOc1cc(/C=C2\SC(=Nc3ccccc3)NC2=O)cc(Br)c1OS(=O)(=O)c1ccc(C)cc1. The Bertz CT molecular complexity index is 1420. The number of amidine groups is 1. The molecule has 180 valence electrons. The Kier molecular flexibility index (Phi) is 7.63. The number of para-hydroxylation sites is 1. The van der Waals surface area contributed by atoms with Crippen LogP contribution in [0.25, 0.3) is 6.08 Å². The highest BCUT2D eigenvalue weighted by atomic mass is 79.9. The first-order chi connectivity index (χ1) is 16.7. The number of rotatable bonds is 7. The van der Waals surface area contributed by atoms with Gasteiger partial charge < -0.3 is 14.2 Å². The molecule has 3 aromatic rings. The van der Waals surface area contributed by atoms with Crippen LogP contribution in [0.4, 0.5) is 5.69 Å². The van der Waals surface area contributed by atoms with E-state index < -0.39 is 10.1 Å². The van der Waals surface area contributed by atoms with Crippen molar-refractivity contribution in [3.8, 4) is 11.5 Å². The van der Waals surface area contributed by atoms with Gasteiger partial charge in [-0.3, -0.25) is 4.79 Å². The van der Waals surface area contributed by atoms with Gasteiger partial charge in [-0.05, 0) is 89.6 Å². The number of halogens is 1. The molecule has 1 fully saturated rings. The molecule has 0 bridgehead atoms. The van der Waals surface area contributed by atoms with Crippen LogP contribution in [0.5, 0.6) is 11.5 Å². The van der Waals surface area contributed by atoms with Gasteiger partial charge in [0.25, 0.3) is 5.91 Å². The van der Waals surface area contributed by atoms with Crippen molar-refractivity contribution in [3.63, 3.8) is 0 Å². The molecule has 3 aromatic carbocycles. The molecule has 0 unspecified atom stereocenters. The van der Waals surface area contributed by atoms with Crippen LogP contribution in [0, 0.1) is 6.92 Å². The van der Waals surface area contributed by atoms with Crippen LogP contribution in [-0.2, 0) is 14.9 Å². The first-order valence-electron chi connectivity index (χ1n) is 10.6. The molecule has 1 aliphatic rings. The van der Waals surface area contributed by atoms with Crippen molar-refractivity contribution in [2.75, 3.05) is 6.61 Å². The molecule has 0 spiro atoms. The highest BCUT2D eigenvalue weighted by molar-refractivity contribution is 9.10. The minimum Gasteiger partial charge on any atom is -0.490 e. The van der Waals surface area contributed by atoms with Crippen LogP contribution in [0.3, 0.4) is 0 Å². The van der Waals surface area contributed by atoms with E-state index in [-0.39, 0.29) is 28.9 Å². The third kappa shape index (κ3) is 6.14. The lowest BCUT2D eigenvalue weighted by Gasteiger charge is -2.14. The van der Waals surface area contributed by atoms with Gasteiger partial charge in [-0.15, -0.1) is 0 Å². The average molecular weight is 573 g/mol. The molecule has 0 atom stereocenters. The Labute approximate surface area is 216 Å². The number of hydrogen-bond donors (Lipinski definition) is 1. The normalized spacial score (nSPS) is 15.9. The summed E-state index contributed by atoms with van der Waals surface area (Å²) in [6.45, 7) is 3.94. The smallest absolute Gasteiger partial charge is 0.339 e. The Balaban J connectivity index is 1.63. The third-order valence-corrected chi connectivity index (χ3v) is 7.50. The molecular formula is C25H21BrN2O5S2. The zero-order valence-corrected chi connectivity index (χ0v) is 22.0. The number of aryl methyl sites for hydroxylation is 1. The summed E-state index contributed by atoms with van der Waals surface area (Å²) in [5, 5.41) is 3.22. The van der Waals surface area contributed by atoms with Gasteiger partial charge in [0.15, 0.2) is 16.7 Å². The van der Waals surface area contributed by atoms with Gasteiger partial charge in [0, 0.05) is 0 Å². The standard InChI is InChI=1S/C25H21BrN2O5S2/c1-3-32-21-14-17(15-22-24(29)28-25(34-22)27-18-7-5-4-6-8-18)13-20(26)23(21)33-35(30,31)19-11-9-16(2)10-12-19/h4-15H,3H2,1-2H3,(H,27,28,29)/b22-15-. The highest BCUT2D eigenvalue weighted by Crippen LogP contribution is 2.40. The largest absolute Gasteiger partial charge is 0.490 e. The Morgan fingerprint density at radius 2 is 1.80 bits per heavy atom. The van der Waals surface area contributed by atoms with E-state index >= 15 is 0 Å². The number of benzene rings is 3. The number of aliphatic imine (C=N–C) groups is 1. The summed E-state index contributed by atoms with van der Waals surface area (Å²) in [5.74, 6) is -0.0172. The van der Waals surface area contributed by atoms with Gasteiger partial charge in [0.05, 0.1) is 21.7 Å². The maximum atomic E-state index is 12.8. The van der Waals surface area contributed by atoms with Crippen molar-refractivity contribution in [1.82, 2.24) is 5.32 Å². The van der Waals surface area contributed by atoms with Gasteiger partial charge in [0.2, 0.25) is 0 Å². The molecular weight excluding hydrogens is 552 g/mol. The zero-order chi connectivity index (χ0) is 25.0.